The van der Waals surface area contributed by atoms with Crippen LogP contribution in [0.5, 0.6) is 0 Å². The summed E-state index contributed by atoms with van der Waals surface area (Å²) >= 11 is 17.3. The standard InChI is InChI=1S/C11H7Cl3N4O/c1-5-2-7(12)17-10(14)9(5)18-11(19)6-3-16-8(13)4-15-6/h2-4H,1H3,(H,18,19). The van der Waals surface area contributed by atoms with Gasteiger partial charge in [-0.3, -0.25) is 4.79 Å². The zero-order valence-electron chi connectivity index (χ0n) is 9.62. The Labute approximate surface area is 123 Å². The number of amides is 1. The third-order valence-corrected chi connectivity index (χ3v) is 2.90. The number of hydrogen-bond donors (Lipinski definition) is 1. The number of pyridine rings is 1. The number of aromatic nitrogens is 3. The average molecular weight is 318 g/mol. The maximum atomic E-state index is 11.9. The zero-order valence-corrected chi connectivity index (χ0v) is 11.9. The second kappa shape index (κ2) is 5.69. The average Bonchev–Trinajstić information content (AvgIpc) is 2.34. The van der Waals surface area contributed by atoms with Gasteiger partial charge in [-0.2, -0.15) is 0 Å². The molecule has 0 aromatic carbocycles. The van der Waals surface area contributed by atoms with Crippen molar-refractivity contribution in [1.29, 1.82) is 0 Å². The summed E-state index contributed by atoms with van der Waals surface area (Å²) < 4.78 is 0. The fourth-order valence-electron chi connectivity index (χ4n) is 1.35. The highest BCUT2D eigenvalue weighted by atomic mass is 35.5. The van der Waals surface area contributed by atoms with Crippen LogP contribution in [0, 0.1) is 6.92 Å². The number of aryl methyl sites for hydroxylation is 1. The first-order valence-electron chi connectivity index (χ1n) is 5.09. The Morgan fingerprint density at radius 1 is 1.16 bits per heavy atom. The minimum Gasteiger partial charge on any atom is -0.318 e. The monoisotopic (exact) mass is 316 g/mol. The Morgan fingerprint density at radius 3 is 2.47 bits per heavy atom. The summed E-state index contributed by atoms with van der Waals surface area (Å²) in [5, 5.41) is 3.18. The van der Waals surface area contributed by atoms with Crippen molar-refractivity contribution < 1.29 is 4.79 Å². The molecule has 0 radical (unpaired) electrons. The lowest BCUT2D eigenvalue weighted by Crippen LogP contribution is -2.15. The quantitative estimate of drug-likeness (QED) is 0.862. The Kier molecular flexibility index (Phi) is 4.19. The molecule has 0 saturated heterocycles. The minimum atomic E-state index is -0.460. The van der Waals surface area contributed by atoms with Crippen LogP contribution < -0.4 is 5.32 Å². The minimum absolute atomic E-state index is 0.111. The molecule has 2 aromatic rings. The Morgan fingerprint density at radius 2 is 1.89 bits per heavy atom. The maximum absolute atomic E-state index is 11.9. The predicted octanol–water partition coefficient (Wildman–Crippen LogP) is 3.39. The van der Waals surface area contributed by atoms with Crippen molar-refractivity contribution in [2.24, 2.45) is 0 Å². The fourth-order valence-corrected chi connectivity index (χ4v) is 2.03. The largest absolute Gasteiger partial charge is 0.318 e. The molecule has 5 nitrogen and oxygen atoms in total. The van der Waals surface area contributed by atoms with Crippen molar-refractivity contribution in [2.45, 2.75) is 6.92 Å². The third kappa shape index (κ3) is 3.32. The molecular weight excluding hydrogens is 311 g/mol. The van der Waals surface area contributed by atoms with E-state index in [2.05, 4.69) is 20.3 Å². The van der Waals surface area contributed by atoms with Crippen molar-refractivity contribution in [1.82, 2.24) is 15.0 Å². The molecule has 0 aliphatic rings. The summed E-state index contributed by atoms with van der Waals surface area (Å²) in [7, 11) is 0. The fraction of sp³-hybridized carbons (Fsp3) is 0.0909. The molecule has 19 heavy (non-hydrogen) atoms. The number of anilines is 1. The van der Waals surface area contributed by atoms with Crippen LogP contribution in [0.1, 0.15) is 16.1 Å². The van der Waals surface area contributed by atoms with Gasteiger partial charge in [-0.15, -0.1) is 0 Å². The van der Waals surface area contributed by atoms with E-state index in [1.807, 2.05) is 0 Å². The van der Waals surface area contributed by atoms with Crippen LogP contribution in [-0.4, -0.2) is 20.9 Å². The predicted molar refractivity (Wildman–Crippen MR) is 74.0 cm³/mol. The van der Waals surface area contributed by atoms with Gasteiger partial charge in [-0.1, -0.05) is 34.8 Å². The van der Waals surface area contributed by atoms with Crippen LogP contribution in [0.25, 0.3) is 0 Å². The molecule has 0 atom stereocenters. The van der Waals surface area contributed by atoms with E-state index in [1.54, 1.807) is 13.0 Å². The number of carbonyl (C=O) groups is 1. The van der Waals surface area contributed by atoms with E-state index < -0.39 is 5.91 Å². The molecule has 1 amide bonds. The number of nitrogens with one attached hydrogen (secondary N) is 1. The van der Waals surface area contributed by atoms with Crippen LogP contribution in [0.4, 0.5) is 5.69 Å². The first-order valence-corrected chi connectivity index (χ1v) is 6.22. The van der Waals surface area contributed by atoms with Gasteiger partial charge in [0.2, 0.25) is 0 Å². The smallest absolute Gasteiger partial charge is 0.275 e. The Bertz CT molecular complexity index is 607. The van der Waals surface area contributed by atoms with Gasteiger partial charge < -0.3 is 5.32 Å². The molecular formula is C11H7Cl3N4O. The van der Waals surface area contributed by atoms with E-state index in [-0.39, 0.29) is 21.2 Å². The van der Waals surface area contributed by atoms with Gasteiger partial charge in [0, 0.05) is 0 Å². The molecule has 98 valence electrons. The van der Waals surface area contributed by atoms with Crippen molar-refractivity contribution in [3.63, 3.8) is 0 Å². The van der Waals surface area contributed by atoms with Gasteiger partial charge in [-0.25, -0.2) is 15.0 Å². The van der Waals surface area contributed by atoms with Gasteiger partial charge in [0.05, 0.1) is 18.1 Å². The van der Waals surface area contributed by atoms with Crippen LogP contribution >= 0.6 is 34.8 Å². The van der Waals surface area contributed by atoms with Gasteiger partial charge in [-0.05, 0) is 18.6 Å². The number of nitrogens with zero attached hydrogens (tertiary/aromatic N) is 3. The van der Waals surface area contributed by atoms with E-state index in [4.69, 9.17) is 34.8 Å². The molecule has 2 heterocycles. The molecule has 0 aliphatic heterocycles. The van der Waals surface area contributed by atoms with Crippen molar-refractivity contribution >= 4 is 46.4 Å². The van der Waals surface area contributed by atoms with Gasteiger partial charge >= 0.3 is 0 Å². The van der Waals surface area contributed by atoms with Crippen LogP contribution in [0.2, 0.25) is 15.5 Å². The molecule has 2 rings (SSSR count). The molecule has 1 N–H and O–H groups in total. The summed E-state index contributed by atoms with van der Waals surface area (Å²) in [5.74, 6) is -0.460. The highest BCUT2D eigenvalue weighted by molar-refractivity contribution is 6.35. The molecule has 2 aromatic heterocycles. The van der Waals surface area contributed by atoms with E-state index in [0.717, 1.165) is 0 Å². The summed E-state index contributed by atoms with van der Waals surface area (Å²) in [6.07, 6.45) is 2.55. The second-order valence-corrected chi connectivity index (χ2v) is 4.74. The number of carbonyl (C=O) groups excluding carboxylic acids is 1. The van der Waals surface area contributed by atoms with Gasteiger partial charge in [0.15, 0.2) is 5.15 Å². The first-order chi connectivity index (χ1) is 8.97. The molecule has 0 bridgehead atoms. The SMILES string of the molecule is Cc1cc(Cl)nc(Cl)c1NC(=O)c1cnc(Cl)cn1. The Balaban J connectivity index is 2.26. The zero-order chi connectivity index (χ0) is 14.0. The summed E-state index contributed by atoms with van der Waals surface area (Å²) in [5.41, 5.74) is 1.20. The number of rotatable bonds is 2. The molecule has 0 spiro atoms. The number of hydrogen-bond acceptors (Lipinski definition) is 4. The third-order valence-electron chi connectivity index (χ3n) is 2.23. The lowest BCUT2D eigenvalue weighted by Gasteiger charge is -2.09. The van der Waals surface area contributed by atoms with E-state index >= 15 is 0 Å². The summed E-state index contributed by atoms with van der Waals surface area (Å²) in [6.45, 7) is 1.75. The van der Waals surface area contributed by atoms with Gasteiger partial charge in [0.25, 0.3) is 5.91 Å². The second-order valence-electron chi connectivity index (χ2n) is 3.61. The van der Waals surface area contributed by atoms with Crippen molar-refractivity contribution in [3.8, 4) is 0 Å². The maximum Gasteiger partial charge on any atom is 0.275 e. The topological polar surface area (TPSA) is 67.8 Å². The van der Waals surface area contributed by atoms with E-state index in [9.17, 15) is 4.79 Å². The van der Waals surface area contributed by atoms with E-state index in [0.29, 0.717) is 11.3 Å². The first kappa shape index (κ1) is 14.0. The molecule has 0 fully saturated rings. The molecule has 0 unspecified atom stereocenters. The van der Waals surface area contributed by atoms with Crippen LogP contribution in [0.15, 0.2) is 18.5 Å². The number of halogens is 3. The van der Waals surface area contributed by atoms with E-state index in [1.165, 1.54) is 12.4 Å². The lowest BCUT2D eigenvalue weighted by atomic mass is 10.2. The highest BCUT2D eigenvalue weighted by Crippen LogP contribution is 2.26. The van der Waals surface area contributed by atoms with Crippen molar-refractivity contribution in [2.75, 3.05) is 5.32 Å². The highest BCUT2D eigenvalue weighted by Gasteiger charge is 2.13. The van der Waals surface area contributed by atoms with Crippen LogP contribution in [0.3, 0.4) is 0 Å². The molecule has 0 aliphatic carbocycles. The summed E-state index contributed by atoms with van der Waals surface area (Å²) in [6, 6.07) is 1.59. The normalized spacial score (nSPS) is 10.3. The molecule has 0 saturated carbocycles. The Hall–Kier alpha value is -1.43. The van der Waals surface area contributed by atoms with Crippen molar-refractivity contribution in [3.05, 3.63) is 45.2 Å². The van der Waals surface area contributed by atoms with Gasteiger partial charge in [0.1, 0.15) is 16.0 Å². The lowest BCUT2D eigenvalue weighted by molar-refractivity contribution is 0.102. The summed E-state index contributed by atoms with van der Waals surface area (Å²) in [4.78, 5) is 23.4. The molecule has 8 heteroatoms. The van der Waals surface area contributed by atoms with Crippen LogP contribution in [-0.2, 0) is 0 Å².